The smallest absolute Gasteiger partial charge is 0.262 e. The molecule has 2 amide bonds. The maximum atomic E-state index is 12.3. The van der Waals surface area contributed by atoms with E-state index in [1.807, 2.05) is 13.0 Å². The summed E-state index contributed by atoms with van der Waals surface area (Å²) in [6.45, 7) is 2.15. The van der Waals surface area contributed by atoms with Gasteiger partial charge in [0, 0.05) is 11.4 Å². The van der Waals surface area contributed by atoms with Crippen molar-refractivity contribution >= 4 is 23.2 Å². The van der Waals surface area contributed by atoms with E-state index in [-0.39, 0.29) is 25.0 Å². The van der Waals surface area contributed by atoms with E-state index in [1.165, 1.54) is 7.11 Å². The lowest BCUT2D eigenvalue weighted by Crippen LogP contribution is -2.21. The molecule has 0 heterocycles. The van der Waals surface area contributed by atoms with E-state index in [0.717, 1.165) is 5.75 Å². The van der Waals surface area contributed by atoms with Crippen LogP contribution < -0.4 is 29.6 Å². The van der Waals surface area contributed by atoms with Crippen LogP contribution in [0.15, 0.2) is 72.8 Å². The Hall–Kier alpha value is -4.20. The van der Waals surface area contributed by atoms with Crippen LogP contribution in [-0.2, 0) is 9.59 Å². The van der Waals surface area contributed by atoms with Gasteiger partial charge in [-0.15, -0.1) is 0 Å². The lowest BCUT2D eigenvalue weighted by atomic mass is 10.2. The van der Waals surface area contributed by atoms with Crippen LogP contribution >= 0.6 is 0 Å². The molecular formula is C25H26N2O6. The van der Waals surface area contributed by atoms with Crippen molar-refractivity contribution in [2.75, 3.05) is 37.6 Å². The minimum atomic E-state index is -0.344. The summed E-state index contributed by atoms with van der Waals surface area (Å²) in [6, 6.07) is 20.9. The van der Waals surface area contributed by atoms with Gasteiger partial charge in [-0.3, -0.25) is 9.59 Å². The molecule has 0 aliphatic heterocycles. The summed E-state index contributed by atoms with van der Waals surface area (Å²) in [6.07, 6.45) is 0. The van der Waals surface area contributed by atoms with Crippen LogP contribution in [0.3, 0.4) is 0 Å². The number of carbonyl (C=O) groups excluding carboxylic acids is 2. The zero-order valence-electron chi connectivity index (χ0n) is 18.5. The molecule has 0 bridgehead atoms. The van der Waals surface area contributed by atoms with E-state index in [1.54, 1.807) is 66.7 Å². The molecule has 33 heavy (non-hydrogen) atoms. The molecule has 0 aromatic heterocycles. The van der Waals surface area contributed by atoms with E-state index in [4.69, 9.17) is 18.9 Å². The molecule has 0 spiro atoms. The predicted molar refractivity (Wildman–Crippen MR) is 125 cm³/mol. The van der Waals surface area contributed by atoms with Crippen LogP contribution in [0.1, 0.15) is 6.92 Å². The van der Waals surface area contributed by atoms with Gasteiger partial charge in [0.05, 0.1) is 13.7 Å². The van der Waals surface area contributed by atoms with Gasteiger partial charge in [0.15, 0.2) is 24.7 Å². The predicted octanol–water partition coefficient (Wildman–Crippen LogP) is 4.13. The van der Waals surface area contributed by atoms with Gasteiger partial charge in [-0.1, -0.05) is 18.2 Å². The van der Waals surface area contributed by atoms with E-state index in [0.29, 0.717) is 35.2 Å². The second-order valence-electron chi connectivity index (χ2n) is 6.81. The van der Waals surface area contributed by atoms with Gasteiger partial charge in [-0.25, -0.2) is 0 Å². The zero-order chi connectivity index (χ0) is 23.5. The lowest BCUT2D eigenvalue weighted by molar-refractivity contribution is -0.118. The van der Waals surface area contributed by atoms with Crippen molar-refractivity contribution in [3.63, 3.8) is 0 Å². The monoisotopic (exact) mass is 450 g/mol. The number of anilines is 2. The highest BCUT2D eigenvalue weighted by molar-refractivity contribution is 5.95. The topological polar surface area (TPSA) is 95.1 Å². The molecule has 0 unspecified atom stereocenters. The minimum Gasteiger partial charge on any atom is -0.494 e. The summed E-state index contributed by atoms with van der Waals surface area (Å²) in [4.78, 5) is 24.5. The number of nitrogens with one attached hydrogen (secondary N) is 2. The molecule has 172 valence electrons. The average Bonchev–Trinajstić information content (AvgIpc) is 2.83. The first-order valence-corrected chi connectivity index (χ1v) is 10.4. The number of carbonyl (C=O) groups is 2. The van der Waals surface area contributed by atoms with Gasteiger partial charge in [0.25, 0.3) is 11.8 Å². The van der Waals surface area contributed by atoms with E-state index in [2.05, 4.69) is 10.6 Å². The van der Waals surface area contributed by atoms with Gasteiger partial charge in [-0.2, -0.15) is 0 Å². The zero-order valence-corrected chi connectivity index (χ0v) is 18.5. The Kier molecular flexibility index (Phi) is 8.53. The number of para-hydroxylation sites is 2. The quantitative estimate of drug-likeness (QED) is 0.456. The summed E-state index contributed by atoms with van der Waals surface area (Å²) >= 11 is 0. The molecular weight excluding hydrogens is 424 g/mol. The van der Waals surface area contributed by atoms with Gasteiger partial charge < -0.3 is 29.6 Å². The fraction of sp³-hybridized carbons (Fsp3) is 0.200. The molecule has 8 heteroatoms. The molecule has 0 atom stereocenters. The number of methoxy groups -OCH3 is 1. The molecule has 0 aliphatic carbocycles. The molecule has 0 fully saturated rings. The van der Waals surface area contributed by atoms with E-state index >= 15 is 0 Å². The number of hydrogen-bond donors (Lipinski definition) is 2. The number of ether oxygens (including phenoxy) is 4. The van der Waals surface area contributed by atoms with Crippen LogP contribution in [0.5, 0.6) is 23.0 Å². The molecule has 3 rings (SSSR count). The van der Waals surface area contributed by atoms with Crippen molar-refractivity contribution in [1.29, 1.82) is 0 Å². The SMILES string of the molecule is CCOc1ccc(OCC(=O)Nc2cccc(NC(=O)COc3ccccc3OC)c2)cc1. The highest BCUT2D eigenvalue weighted by atomic mass is 16.5. The normalized spacial score (nSPS) is 10.1. The largest absolute Gasteiger partial charge is 0.494 e. The number of rotatable bonds is 11. The fourth-order valence-electron chi connectivity index (χ4n) is 2.90. The molecule has 0 radical (unpaired) electrons. The molecule has 0 aliphatic rings. The second-order valence-corrected chi connectivity index (χ2v) is 6.81. The number of benzene rings is 3. The molecule has 3 aromatic carbocycles. The van der Waals surface area contributed by atoms with Crippen molar-refractivity contribution in [1.82, 2.24) is 0 Å². The third-order valence-corrected chi connectivity index (χ3v) is 4.36. The Morgan fingerprint density at radius 3 is 1.82 bits per heavy atom. The molecule has 2 N–H and O–H groups in total. The highest BCUT2D eigenvalue weighted by Crippen LogP contribution is 2.25. The minimum absolute atomic E-state index is 0.155. The van der Waals surface area contributed by atoms with Gasteiger partial charge >= 0.3 is 0 Å². The molecule has 3 aromatic rings. The third kappa shape index (κ3) is 7.46. The van der Waals surface area contributed by atoms with Crippen LogP contribution in [-0.4, -0.2) is 38.7 Å². The van der Waals surface area contributed by atoms with E-state index in [9.17, 15) is 9.59 Å². The summed E-state index contributed by atoms with van der Waals surface area (Å²) in [5, 5.41) is 5.48. The Labute approximate surface area is 192 Å². The summed E-state index contributed by atoms with van der Waals surface area (Å²) < 4.78 is 21.6. The van der Waals surface area contributed by atoms with Gasteiger partial charge in [0.2, 0.25) is 0 Å². The number of amides is 2. The standard InChI is InChI=1S/C25H26N2O6/c1-3-31-20-11-13-21(14-12-20)32-16-24(28)26-18-7-6-8-19(15-18)27-25(29)17-33-23-10-5-4-9-22(23)30-2/h4-15H,3,16-17H2,1-2H3,(H,26,28)(H,27,29). The Bertz CT molecular complexity index is 1070. The lowest BCUT2D eigenvalue weighted by Gasteiger charge is -2.12. The Morgan fingerprint density at radius 1 is 0.697 bits per heavy atom. The van der Waals surface area contributed by atoms with E-state index < -0.39 is 0 Å². The van der Waals surface area contributed by atoms with Crippen molar-refractivity contribution in [2.45, 2.75) is 6.92 Å². The van der Waals surface area contributed by atoms with Crippen LogP contribution in [0.25, 0.3) is 0 Å². The Balaban J connectivity index is 1.47. The maximum absolute atomic E-state index is 12.3. The van der Waals surface area contributed by atoms with Crippen LogP contribution in [0.4, 0.5) is 11.4 Å². The first-order chi connectivity index (χ1) is 16.1. The summed E-state index contributed by atoms with van der Waals surface area (Å²) in [5.41, 5.74) is 1.05. The van der Waals surface area contributed by atoms with Crippen molar-refractivity contribution in [2.24, 2.45) is 0 Å². The fourth-order valence-corrected chi connectivity index (χ4v) is 2.90. The second kappa shape index (κ2) is 12.0. The summed E-state index contributed by atoms with van der Waals surface area (Å²) in [5.74, 6) is 1.65. The highest BCUT2D eigenvalue weighted by Gasteiger charge is 2.09. The van der Waals surface area contributed by atoms with Crippen LogP contribution in [0, 0.1) is 0 Å². The van der Waals surface area contributed by atoms with Crippen molar-refractivity contribution in [3.05, 3.63) is 72.8 Å². The molecule has 8 nitrogen and oxygen atoms in total. The third-order valence-electron chi connectivity index (χ3n) is 4.36. The van der Waals surface area contributed by atoms with Gasteiger partial charge in [0.1, 0.15) is 11.5 Å². The van der Waals surface area contributed by atoms with Crippen molar-refractivity contribution in [3.8, 4) is 23.0 Å². The maximum Gasteiger partial charge on any atom is 0.262 e. The first kappa shape index (κ1) is 23.5. The van der Waals surface area contributed by atoms with Crippen LogP contribution in [0.2, 0.25) is 0 Å². The molecule has 0 saturated heterocycles. The first-order valence-electron chi connectivity index (χ1n) is 10.4. The number of hydrogen-bond acceptors (Lipinski definition) is 6. The summed E-state index contributed by atoms with van der Waals surface area (Å²) in [7, 11) is 1.53. The average molecular weight is 450 g/mol. The van der Waals surface area contributed by atoms with Crippen molar-refractivity contribution < 1.29 is 28.5 Å². The Morgan fingerprint density at radius 2 is 1.24 bits per heavy atom. The molecule has 0 saturated carbocycles. The van der Waals surface area contributed by atoms with Gasteiger partial charge in [-0.05, 0) is 61.5 Å².